The Morgan fingerprint density at radius 2 is 2.32 bits per heavy atom. The quantitative estimate of drug-likeness (QED) is 0.937. The predicted octanol–water partition coefficient (Wildman–Crippen LogP) is 2.59. The van der Waals surface area contributed by atoms with Gasteiger partial charge in [0.15, 0.2) is 0 Å². The van der Waals surface area contributed by atoms with Crippen molar-refractivity contribution in [2.24, 2.45) is 0 Å². The summed E-state index contributed by atoms with van der Waals surface area (Å²) in [5.41, 5.74) is 0.905. The molecule has 0 saturated carbocycles. The van der Waals surface area contributed by atoms with Gasteiger partial charge >= 0.3 is 0 Å². The van der Waals surface area contributed by atoms with E-state index in [2.05, 4.69) is 15.5 Å². The van der Waals surface area contributed by atoms with Crippen LogP contribution >= 0.6 is 12.4 Å². The highest BCUT2D eigenvalue weighted by Gasteiger charge is 2.22. The Hall–Kier alpha value is -1.59. The van der Waals surface area contributed by atoms with Crippen molar-refractivity contribution < 1.29 is 9.26 Å². The van der Waals surface area contributed by atoms with E-state index in [9.17, 15) is 0 Å². The second kappa shape index (κ2) is 6.04. The van der Waals surface area contributed by atoms with Gasteiger partial charge in [-0.15, -0.1) is 12.4 Å². The number of methoxy groups -OCH3 is 1. The highest BCUT2D eigenvalue weighted by molar-refractivity contribution is 5.85. The summed E-state index contributed by atoms with van der Waals surface area (Å²) >= 11 is 0. The van der Waals surface area contributed by atoms with Gasteiger partial charge in [-0.25, -0.2) is 0 Å². The first kappa shape index (κ1) is 13.8. The van der Waals surface area contributed by atoms with Crippen LogP contribution in [0.15, 0.2) is 28.8 Å². The minimum atomic E-state index is 0. The molecule has 2 heterocycles. The molecular formula is C13H16ClN3O2. The molecule has 1 aliphatic heterocycles. The minimum Gasteiger partial charge on any atom is -0.497 e. The van der Waals surface area contributed by atoms with Crippen molar-refractivity contribution in [1.29, 1.82) is 0 Å². The first-order chi connectivity index (χ1) is 8.86. The van der Waals surface area contributed by atoms with Crippen molar-refractivity contribution >= 4 is 12.4 Å². The van der Waals surface area contributed by atoms with Crippen LogP contribution < -0.4 is 10.1 Å². The average Bonchev–Trinajstić information content (AvgIpc) is 3.09. The Labute approximate surface area is 117 Å². The maximum absolute atomic E-state index is 5.31. The zero-order valence-corrected chi connectivity index (χ0v) is 11.4. The van der Waals surface area contributed by atoms with Crippen LogP contribution in [-0.4, -0.2) is 23.8 Å². The SMILES string of the molecule is COc1cccc(-c2noc(C3CCCN3)n2)c1.Cl. The lowest BCUT2D eigenvalue weighted by molar-refractivity contribution is 0.345. The molecule has 5 nitrogen and oxygen atoms in total. The Balaban J connectivity index is 0.00000133. The number of nitrogens with zero attached hydrogens (tertiary/aromatic N) is 2. The molecular weight excluding hydrogens is 266 g/mol. The average molecular weight is 282 g/mol. The van der Waals surface area contributed by atoms with E-state index >= 15 is 0 Å². The van der Waals surface area contributed by atoms with E-state index in [1.807, 2.05) is 24.3 Å². The molecule has 1 aromatic heterocycles. The summed E-state index contributed by atoms with van der Waals surface area (Å²) in [6.45, 7) is 1.02. The van der Waals surface area contributed by atoms with Crippen LogP contribution in [0.3, 0.4) is 0 Å². The molecule has 1 aromatic carbocycles. The molecule has 3 rings (SSSR count). The topological polar surface area (TPSA) is 60.2 Å². The number of hydrogen-bond acceptors (Lipinski definition) is 5. The van der Waals surface area contributed by atoms with Crippen LogP contribution in [0.1, 0.15) is 24.8 Å². The highest BCUT2D eigenvalue weighted by Crippen LogP contribution is 2.25. The molecule has 102 valence electrons. The van der Waals surface area contributed by atoms with Gasteiger partial charge in [-0.1, -0.05) is 17.3 Å². The maximum atomic E-state index is 5.31. The van der Waals surface area contributed by atoms with Gasteiger partial charge in [0.1, 0.15) is 5.75 Å². The number of rotatable bonds is 3. The van der Waals surface area contributed by atoms with Crippen LogP contribution in [-0.2, 0) is 0 Å². The van der Waals surface area contributed by atoms with Crippen molar-refractivity contribution in [3.05, 3.63) is 30.2 Å². The molecule has 0 aliphatic carbocycles. The standard InChI is InChI=1S/C13H15N3O2.ClH/c1-17-10-5-2-4-9(8-10)12-15-13(18-16-12)11-6-3-7-14-11;/h2,4-5,8,11,14H,3,6-7H2,1H3;1H. The van der Waals surface area contributed by atoms with Crippen molar-refractivity contribution in [3.63, 3.8) is 0 Å². The predicted molar refractivity (Wildman–Crippen MR) is 73.5 cm³/mol. The van der Waals surface area contributed by atoms with E-state index in [-0.39, 0.29) is 18.4 Å². The number of aromatic nitrogens is 2. The Bertz CT molecular complexity index is 538. The molecule has 1 aliphatic rings. The van der Waals surface area contributed by atoms with Crippen molar-refractivity contribution in [2.45, 2.75) is 18.9 Å². The lowest BCUT2D eigenvalue weighted by Crippen LogP contribution is -2.12. The molecule has 1 N–H and O–H groups in total. The summed E-state index contributed by atoms with van der Waals surface area (Å²) in [6.07, 6.45) is 2.21. The van der Waals surface area contributed by atoms with Gasteiger partial charge < -0.3 is 14.6 Å². The lowest BCUT2D eigenvalue weighted by atomic mass is 10.2. The fraction of sp³-hybridized carbons (Fsp3) is 0.385. The summed E-state index contributed by atoms with van der Waals surface area (Å²) in [7, 11) is 1.64. The Kier molecular flexibility index (Phi) is 4.39. The Morgan fingerprint density at radius 1 is 1.42 bits per heavy atom. The summed E-state index contributed by atoms with van der Waals surface area (Å²) in [5.74, 6) is 2.07. The fourth-order valence-corrected chi connectivity index (χ4v) is 2.15. The summed E-state index contributed by atoms with van der Waals surface area (Å²) in [4.78, 5) is 4.44. The molecule has 0 bridgehead atoms. The molecule has 0 radical (unpaired) electrons. The Morgan fingerprint density at radius 3 is 3.05 bits per heavy atom. The second-order valence-electron chi connectivity index (χ2n) is 4.34. The van der Waals surface area contributed by atoms with Crippen molar-refractivity contribution in [3.8, 4) is 17.1 Å². The normalized spacial score (nSPS) is 18.1. The first-order valence-electron chi connectivity index (χ1n) is 6.08. The maximum Gasteiger partial charge on any atom is 0.244 e. The van der Waals surface area contributed by atoms with Crippen LogP contribution in [0.4, 0.5) is 0 Å². The summed E-state index contributed by atoms with van der Waals surface area (Å²) < 4.78 is 10.5. The first-order valence-corrected chi connectivity index (χ1v) is 6.08. The third kappa shape index (κ3) is 2.88. The zero-order valence-electron chi connectivity index (χ0n) is 10.6. The van der Waals surface area contributed by atoms with Crippen LogP contribution in [0.5, 0.6) is 5.75 Å². The van der Waals surface area contributed by atoms with Gasteiger partial charge in [-0.3, -0.25) is 0 Å². The van der Waals surface area contributed by atoms with Crippen LogP contribution in [0.25, 0.3) is 11.4 Å². The van der Waals surface area contributed by atoms with Crippen LogP contribution in [0, 0.1) is 0 Å². The van der Waals surface area contributed by atoms with E-state index in [0.717, 1.165) is 30.7 Å². The van der Waals surface area contributed by atoms with Gasteiger partial charge in [0.2, 0.25) is 11.7 Å². The number of hydrogen-bond donors (Lipinski definition) is 1. The molecule has 19 heavy (non-hydrogen) atoms. The summed E-state index contributed by atoms with van der Waals surface area (Å²) in [5, 5.41) is 7.36. The van der Waals surface area contributed by atoms with Gasteiger partial charge in [-0.2, -0.15) is 4.98 Å². The largest absolute Gasteiger partial charge is 0.497 e. The minimum absolute atomic E-state index is 0. The molecule has 0 amide bonds. The van der Waals surface area contributed by atoms with E-state index in [4.69, 9.17) is 9.26 Å². The monoisotopic (exact) mass is 281 g/mol. The highest BCUT2D eigenvalue weighted by atomic mass is 35.5. The van der Waals surface area contributed by atoms with Crippen molar-refractivity contribution in [1.82, 2.24) is 15.5 Å². The molecule has 6 heteroatoms. The van der Waals surface area contributed by atoms with E-state index in [1.54, 1.807) is 7.11 Å². The van der Waals surface area contributed by atoms with E-state index in [0.29, 0.717) is 11.7 Å². The van der Waals surface area contributed by atoms with E-state index < -0.39 is 0 Å². The van der Waals surface area contributed by atoms with Crippen molar-refractivity contribution in [2.75, 3.05) is 13.7 Å². The van der Waals surface area contributed by atoms with Crippen LogP contribution in [0.2, 0.25) is 0 Å². The lowest BCUT2D eigenvalue weighted by Gasteiger charge is -2.02. The fourth-order valence-electron chi connectivity index (χ4n) is 2.15. The molecule has 1 fully saturated rings. The molecule has 1 saturated heterocycles. The third-order valence-corrected chi connectivity index (χ3v) is 3.13. The molecule has 1 atom stereocenters. The summed E-state index contributed by atoms with van der Waals surface area (Å²) in [6, 6.07) is 7.86. The number of nitrogens with one attached hydrogen (secondary N) is 1. The molecule has 1 unspecified atom stereocenters. The van der Waals surface area contributed by atoms with Gasteiger partial charge in [-0.05, 0) is 31.5 Å². The smallest absolute Gasteiger partial charge is 0.244 e. The van der Waals surface area contributed by atoms with E-state index in [1.165, 1.54) is 0 Å². The van der Waals surface area contributed by atoms with Gasteiger partial charge in [0, 0.05) is 5.56 Å². The second-order valence-corrected chi connectivity index (χ2v) is 4.34. The molecule has 0 spiro atoms. The zero-order chi connectivity index (χ0) is 12.4. The number of benzene rings is 1. The molecule has 2 aromatic rings. The third-order valence-electron chi connectivity index (χ3n) is 3.13. The van der Waals surface area contributed by atoms with Gasteiger partial charge in [0.05, 0.1) is 13.2 Å². The number of ether oxygens (including phenoxy) is 1. The van der Waals surface area contributed by atoms with Gasteiger partial charge in [0.25, 0.3) is 0 Å². The number of halogens is 1.